The van der Waals surface area contributed by atoms with E-state index >= 15 is 0 Å². The van der Waals surface area contributed by atoms with Crippen molar-refractivity contribution in [1.29, 1.82) is 0 Å². The molecule has 0 radical (unpaired) electrons. The van der Waals surface area contributed by atoms with Gasteiger partial charge in [0.2, 0.25) is 5.91 Å². The van der Waals surface area contributed by atoms with Crippen molar-refractivity contribution < 1.29 is 9.53 Å². The number of nitrogens with zero attached hydrogens (tertiary/aromatic N) is 3. The minimum absolute atomic E-state index is 0.0672. The normalized spacial score (nSPS) is 11.7. The fraction of sp³-hybridized carbons (Fsp3) is 0.227. The van der Waals surface area contributed by atoms with Gasteiger partial charge in [-0.15, -0.1) is 16.8 Å². The first-order valence-electron chi connectivity index (χ1n) is 9.38. The van der Waals surface area contributed by atoms with Crippen molar-refractivity contribution in [2.45, 2.75) is 24.7 Å². The molecule has 0 bridgehead atoms. The van der Waals surface area contributed by atoms with Crippen LogP contribution in [0.4, 0.5) is 0 Å². The van der Waals surface area contributed by atoms with Crippen molar-refractivity contribution in [3.63, 3.8) is 0 Å². The van der Waals surface area contributed by atoms with Gasteiger partial charge in [0.15, 0.2) is 11.0 Å². The van der Waals surface area contributed by atoms with Crippen LogP contribution in [0, 0.1) is 0 Å². The van der Waals surface area contributed by atoms with Gasteiger partial charge < -0.3 is 10.1 Å². The summed E-state index contributed by atoms with van der Waals surface area (Å²) >= 11 is 4.77. The Morgan fingerprint density at radius 3 is 2.70 bits per heavy atom. The van der Waals surface area contributed by atoms with Crippen LogP contribution in [0.3, 0.4) is 0 Å². The lowest BCUT2D eigenvalue weighted by molar-refractivity contribution is -0.119. The molecule has 2 aromatic carbocycles. The number of carbonyl (C=O) groups excluding carboxylic acids is 1. The highest BCUT2D eigenvalue weighted by Crippen LogP contribution is 2.31. The zero-order valence-corrected chi connectivity index (χ0v) is 19.2. The van der Waals surface area contributed by atoms with Crippen molar-refractivity contribution in [2.24, 2.45) is 0 Å². The zero-order chi connectivity index (χ0) is 21.5. The number of aromatic nitrogens is 3. The average molecular weight is 487 g/mol. The summed E-state index contributed by atoms with van der Waals surface area (Å²) in [5.74, 6) is 1.57. The summed E-state index contributed by atoms with van der Waals surface area (Å²) in [7, 11) is 1.62. The highest BCUT2D eigenvalue weighted by atomic mass is 79.9. The molecule has 6 nitrogen and oxygen atoms in total. The summed E-state index contributed by atoms with van der Waals surface area (Å²) in [6, 6.07) is 15.5. The Morgan fingerprint density at radius 2 is 2.00 bits per heavy atom. The highest BCUT2D eigenvalue weighted by molar-refractivity contribution is 9.10. The first-order chi connectivity index (χ1) is 14.5. The Kier molecular flexibility index (Phi) is 7.70. The number of benzene rings is 2. The van der Waals surface area contributed by atoms with Gasteiger partial charge in [-0.25, -0.2) is 0 Å². The monoisotopic (exact) mass is 486 g/mol. The molecule has 1 atom stereocenters. The third kappa shape index (κ3) is 5.31. The topological polar surface area (TPSA) is 69.0 Å². The fourth-order valence-electron chi connectivity index (χ4n) is 2.97. The first-order valence-corrected chi connectivity index (χ1v) is 11.2. The van der Waals surface area contributed by atoms with E-state index in [2.05, 4.69) is 38.0 Å². The van der Waals surface area contributed by atoms with Crippen LogP contribution in [0.15, 0.2) is 70.8 Å². The van der Waals surface area contributed by atoms with Crippen LogP contribution >= 0.6 is 27.7 Å². The number of carbonyl (C=O) groups is 1. The zero-order valence-electron chi connectivity index (χ0n) is 16.8. The van der Waals surface area contributed by atoms with Crippen LogP contribution in [0.25, 0.3) is 11.4 Å². The van der Waals surface area contributed by atoms with E-state index in [0.717, 1.165) is 15.6 Å². The van der Waals surface area contributed by atoms with Gasteiger partial charge in [-0.2, -0.15) is 0 Å². The number of rotatable bonds is 9. The smallest absolute Gasteiger partial charge is 0.230 e. The average Bonchev–Trinajstić information content (AvgIpc) is 3.15. The number of thioether (sulfide) groups is 1. The minimum Gasteiger partial charge on any atom is -0.496 e. The van der Waals surface area contributed by atoms with Gasteiger partial charge in [-0.3, -0.25) is 9.36 Å². The Hall–Kier alpha value is -2.58. The molecule has 0 aliphatic rings. The molecule has 1 N–H and O–H groups in total. The number of hydrogen-bond acceptors (Lipinski definition) is 5. The van der Waals surface area contributed by atoms with Crippen LogP contribution < -0.4 is 10.1 Å². The lowest BCUT2D eigenvalue weighted by atomic mass is 10.1. The number of hydrogen-bond donors (Lipinski definition) is 1. The van der Waals surface area contributed by atoms with E-state index in [1.807, 2.05) is 60.0 Å². The molecule has 1 heterocycles. The standard InChI is InChI=1S/C22H23BrN4O2S/c1-4-13-27-21(18-7-5-6-8-19(18)29-3)25-26-22(27)30-14-20(28)24-15(2)16-9-11-17(23)12-10-16/h4-12,15H,1,13-14H2,2-3H3,(H,24,28). The molecule has 0 fully saturated rings. The molecule has 1 aromatic heterocycles. The number of amides is 1. The van der Waals surface area contributed by atoms with Crippen molar-refractivity contribution in [3.8, 4) is 17.1 Å². The third-order valence-electron chi connectivity index (χ3n) is 4.46. The van der Waals surface area contributed by atoms with Crippen molar-refractivity contribution in [3.05, 3.63) is 71.2 Å². The predicted octanol–water partition coefficient (Wildman–Crippen LogP) is 4.87. The van der Waals surface area contributed by atoms with Crippen LogP contribution in [0.1, 0.15) is 18.5 Å². The SMILES string of the molecule is C=CCn1c(SCC(=O)NC(C)c2ccc(Br)cc2)nnc1-c1ccccc1OC. The number of para-hydroxylation sites is 1. The second kappa shape index (κ2) is 10.4. The number of halogens is 1. The summed E-state index contributed by atoms with van der Waals surface area (Å²) in [5, 5.41) is 12.3. The van der Waals surface area contributed by atoms with Gasteiger partial charge in [0.1, 0.15) is 5.75 Å². The third-order valence-corrected chi connectivity index (χ3v) is 5.95. The maximum absolute atomic E-state index is 12.5. The van der Waals surface area contributed by atoms with Crippen molar-refractivity contribution in [1.82, 2.24) is 20.1 Å². The number of ether oxygens (including phenoxy) is 1. The molecule has 0 aliphatic heterocycles. The van der Waals surface area contributed by atoms with Crippen LogP contribution in [-0.2, 0) is 11.3 Å². The number of methoxy groups -OCH3 is 1. The summed E-state index contributed by atoms with van der Waals surface area (Å²) in [6.07, 6.45) is 1.78. The van der Waals surface area contributed by atoms with Crippen molar-refractivity contribution in [2.75, 3.05) is 12.9 Å². The second-order valence-electron chi connectivity index (χ2n) is 6.54. The van der Waals surface area contributed by atoms with E-state index in [0.29, 0.717) is 23.3 Å². The molecule has 1 unspecified atom stereocenters. The molecule has 0 spiro atoms. The van der Waals surface area contributed by atoms with E-state index in [-0.39, 0.29) is 17.7 Å². The summed E-state index contributed by atoms with van der Waals surface area (Å²) in [5.41, 5.74) is 1.89. The Morgan fingerprint density at radius 1 is 1.27 bits per heavy atom. The molecular weight excluding hydrogens is 464 g/mol. The lowest BCUT2D eigenvalue weighted by Gasteiger charge is -2.14. The minimum atomic E-state index is -0.0821. The van der Waals surface area contributed by atoms with E-state index in [1.54, 1.807) is 13.2 Å². The summed E-state index contributed by atoms with van der Waals surface area (Å²) < 4.78 is 8.39. The van der Waals surface area contributed by atoms with E-state index in [4.69, 9.17) is 4.74 Å². The van der Waals surface area contributed by atoms with Gasteiger partial charge >= 0.3 is 0 Å². The van der Waals surface area contributed by atoms with Crippen LogP contribution in [0.5, 0.6) is 5.75 Å². The molecule has 0 aliphatic carbocycles. The van der Waals surface area contributed by atoms with Crippen molar-refractivity contribution >= 4 is 33.6 Å². The van der Waals surface area contributed by atoms with Crippen LogP contribution in [-0.4, -0.2) is 33.5 Å². The Balaban J connectivity index is 1.70. The molecular formula is C22H23BrN4O2S. The molecule has 156 valence electrons. The fourth-order valence-corrected chi connectivity index (χ4v) is 3.99. The molecule has 0 saturated carbocycles. The van der Waals surface area contributed by atoms with Gasteiger partial charge in [0, 0.05) is 11.0 Å². The predicted molar refractivity (Wildman–Crippen MR) is 124 cm³/mol. The van der Waals surface area contributed by atoms with E-state index in [1.165, 1.54) is 11.8 Å². The molecule has 1 amide bonds. The maximum atomic E-state index is 12.5. The molecule has 3 aromatic rings. The summed E-state index contributed by atoms with van der Waals surface area (Å²) in [6.45, 7) is 6.32. The quantitative estimate of drug-likeness (QED) is 0.345. The second-order valence-corrected chi connectivity index (χ2v) is 8.39. The molecule has 0 saturated heterocycles. The lowest BCUT2D eigenvalue weighted by Crippen LogP contribution is -2.28. The summed E-state index contributed by atoms with van der Waals surface area (Å²) in [4.78, 5) is 12.5. The number of nitrogens with one attached hydrogen (secondary N) is 1. The first kappa shape index (κ1) is 22.1. The van der Waals surface area contributed by atoms with Crippen LogP contribution in [0.2, 0.25) is 0 Å². The van der Waals surface area contributed by atoms with Gasteiger partial charge in [-0.1, -0.05) is 58.0 Å². The highest BCUT2D eigenvalue weighted by Gasteiger charge is 2.18. The Bertz CT molecular complexity index is 1020. The largest absolute Gasteiger partial charge is 0.496 e. The Labute approximate surface area is 188 Å². The molecule has 30 heavy (non-hydrogen) atoms. The van der Waals surface area contributed by atoms with Gasteiger partial charge in [-0.05, 0) is 36.8 Å². The maximum Gasteiger partial charge on any atom is 0.230 e. The number of allylic oxidation sites excluding steroid dienone is 1. The molecule has 8 heteroatoms. The van der Waals surface area contributed by atoms with E-state index in [9.17, 15) is 4.79 Å². The van der Waals surface area contributed by atoms with Gasteiger partial charge in [0.05, 0.1) is 24.5 Å². The van der Waals surface area contributed by atoms with Gasteiger partial charge in [0.25, 0.3) is 0 Å². The molecule has 3 rings (SSSR count). The van der Waals surface area contributed by atoms with E-state index < -0.39 is 0 Å².